The number of hydrogen-bond donors (Lipinski definition) is 2. The van der Waals surface area contributed by atoms with Gasteiger partial charge in [-0.15, -0.1) is 0 Å². The van der Waals surface area contributed by atoms with Crippen LogP contribution in [0.3, 0.4) is 0 Å². The summed E-state index contributed by atoms with van der Waals surface area (Å²) in [6.45, 7) is 0. The number of oxazole rings is 1. The van der Waals surface area contributed by atoms with Crippen LogP contribution in [0.25, 0.3) is 11.1 Å². The van der Waals surface area contributed by atoms with Crippen molar-refractivity contribution in [1.29, 1.82) is 0 Å². The zero-order valence-corrected chi connectivity index (χ0v) is 18.6. The number of hydrogen-bond acceptors (Lipinski definition) is 5. The van der Waals surface area contributed by atoms with Crippen LogP contribution in [0.4, 0.5) is 15.8 Å². The lowest BCUT2D eigenvalue weighted by Crippen LogP contribution is -2.16. The molecule has 0 atom stereocenters. The highest BCUT2D eigenvalue weighted by Crippen LogP contribution is 2.40. The van der Waals surface area contributed by atoms with Crippen molar-refractivity contribution in [1.82, 2.24) is 4.98 Å². The molecule has 3 aromatic carbocycles. The summed E-state index contributed by atoms with van der Waals surface area (Å²) in [7, 11) is -4.03. The molecule has 168 valence electrons. The summed E-state index contributed by atoms with van der Waals surface area (Å²) >= 11 is 6.18. The number of aromatic nitrogens is 1. The zero-order chi connectivity index (χ0) is 23.2. The average Bonchev–Trinajstić information content (AvgIpc) is 3.54. The Morgan fingerprint density at radius 3 is 2.48 bits per heavy atom. The standard InChI is InChI=1S/C23H17ClFN3O4S/c24-19-9-8-17(33(30,31)28-15-5-3-14(25)4-6-15)12-18(19)22(29)26-16-7-10-21-20(11-16)27-23(32-21)13-1-2-13/h3-13,28H,1-2H2,(H,26,29). The van der Waals surface area contributed by atoms with E-state index in [9.17, 15) is 17.6 Å². The van der Waals surface area contributed by atoms with Crippen LogP contribution in [0.5, 0.6) is 0 Å². The Labute approximate surface area is 193 Å². The number of carbonyl (C=O) groups is 1. The van der Waals surface area contributed by atoms with Gasteiger partial charge in [0.25, 0.3) is 15.9 Å². The molecule has 0 saturated heterocycles. The lowest BCUT2D eigenvalue weighted by molar-refractivity contribution is 0.102. The molecule has 5 rings (SSSR count). The van der Waals surface area contributed by atoms with E-state index in [1.807, 2.05) is 0 Å². The number of benzene rings is 3. The molecule has 2 N–H and O–H groups in total. The molecule has 7 nitrogen and oxygen atoms in total. The fourth-order valence-electron chi connectivity index (χ4n) is 3.30. The van der Waals surface area contributed by atoms with Crippen LogP contribution in [0.15, 0.2) is 70.0 Å². The van der Waals surface area contributed by atoms with Gasteiger partial charge in [0.2, 0.25) is 0 Å². The Morgan fingerprint density at radius 2 is 1.76 bits per heavy atom. The smallest absolute Gasteiger partial charge is 0.261 e. The SMILES string of the molecule is O=C(Nc1ccc2oc(C3CC3)nc2c1)c1cc(S(=O)(=O)Nc2ccc(F)cc2)ccc1Cl. The van der Waals surface area contributed by atoms with Crippen molar-refractivity contribution >= 4 is 50.0 Å². The van der Waals surface area contributed by atoms with Crippen molar-refractivity contribution < 1.29 is 22.0 Å². The topological polar surface area (TPSA) is 101 Å². The Balaban J connectivity index is 1.38. The lowest BCUT2D eigenvalue weighted by atomic mass is 10.2. The summed E-state index contributed by atoms with van der Waals surface area (Å²) in [5.74, 6) is -0.00870. The minimum absolute atomic E-state index is 0.0161. The molecular formula is C23H17ClFN3O4S. The summed E-state index contributed by atoms with van der Waals surface area (Å²) < 4.78 is 46.6. The number of halogens is 2. The second-order valence-corrected chi connectivity index (χ2v) is 9.81. The second kappa shape index (κ2) is 8.17. The van der Waals surface area contributed by atoms with E-state index in [2.05, 4.69) is 15.0 Å². The normalized spacial score (nSPS) is 13.8. The van der Waals surface area contributed by atoms with E-state index >= 15 is 0 Å². The quantitative estimate of drug-likeness (QED) is 0.373. The summed E-state index contributed by atoms with van der Waals surface area (Å²) in [6.07, 6.45) is 2.12. The number of rotatable bonds is 6. The Morgan fingerprint density at radius 1 is 1.03 bits per heavy atom. The van der Waals surface area contributed by atoms with Gasteiger partial charge < -0.3 is 9.73 Å². The van der Waals surface area contributed by atoms with Gasteiger partial charge in [0, 0.05) is 17.3 Å². The molecule has 4 aromatic rings. The van der Waals surface area contributed by atoms with Crippen molar-refractivity contribution in [2.24, 2.45) is 0 Å². The first-order chi connectivity index (χ1) is 15.8. The van der Waals surface area contributed by atoms with Gasteiger partial charge in [0.1, 0.15) is 11.3 Å². The zero-order valence-electron chi connectivity index (χ0n) is 17.0. The molecule has 10 heteroatoms. The minimum Gasteiger partial charge on any atom is -0.440 e. The van der Waals surface area contributed by atoms with Gasteiger partial charge in [-0.25, -0.2) is 17.8 Å². The van der Waals surface area contributed by atoms with Crippen LogP contribution in [-0.2, 0) is 10.0 Å². The van der Waals surface area contributed by atoms with Crippen LogP contribution in [0, 0.1) is 5.82 Å². The maximum absolute atomic E-state index is 13.1. The van der Waals surface area contributed by atoms with E-state index in [0.717, 1.165) is 25.0 Å². The van der Waals surface area contributed by atoms with E-state index in [0.29, 0.717) is 28.6 Å². The van der Waals surface area contributed by atoms with Gasteiger partial charge in [0.15, 0.2) is 11.5 Å². The second-order valence-electron chi connectivity index (χ2n) is 7.72. The highest BCUT2D eigenvalue weighted by molar-refractivity contribution is 7.92. The predicted molar refractivity (Wildman–Crippen MR) is 123 cm³/mol. The van der Waals surface area contributed by atoms with E-state index in [-0.39, 0.29) is 21.2 Å². The summed E-state index contributed by atoms with van der Waals surface area (Å²) in [6, 6.07) is 13.7. The van der Waals surface area contributed by atoms with Crippen molar-refractivity contribution in [3.63, 3.8) is 0 Å². The number of fused-ring (bicyclic) bond motifs is 1. The molecule has 1 fully saturated rings. The summed E-state index contributed by atoms with van der Waals surface area (Å²) in [4.78, 5) is 17.2. The third-order valence-electron chi connectivity index (χ3n) is 5.18. The van der Waals surface area contributed by atoms with E-state index < -0.39 is 21.7 Å². The van der Waals surface area contributed by atoms with Crippen molar-refractivity contribution in [3.8, 4) is 0 Å². The predicted octanol–water partition coefficient (Wildman–Crippen LogP) is 5.55. The lowest BCUT2D eigenvalue weighted by Gasteiger charge is -2.11. The van der Waals surface area contributed by atoms with Crippen molar-refractivity contribution in [2.75, 3.05) is 10.0 Å². The molecule has 1 heterocycles. The molecule has 0 aliphatic heterocycles. The highest BCUT2D eigenvalue weighted by atomic mass is 35.5. The maximum Gasteiger partial charge on any atom is 0.261 e. The molecule has 1 aliphatic carbocycles. The van der Waals surface area contributed by atoms with Crippen LogP contribution >= 0.6 is 11.6 Å². The maximum atomic E-state index is 13.1. The number of nitrogens with one attached hydrogen (secondary N) is 2. The summed E-state index contributed by atoms with van der Waals surface area (Å²) in [5.41, 5.74) is 1.90. The van der Waals surface area contributed by atoms with Crippen LogP contribution in [0.2, 0.25) is 5.02 Å². The van der Waals surface area contributed by atoms with Gasteiger partial charge in [-0.1, -0.05) is 11.6 Å². The first-order valence-corrected chi connectivity index (χ1v) is 11.9. The fourth-order valence-corrected chi connectivity index (χ4v) is 4.59. The Hall–Kier alpha value is -3.43. The summed E-state index contributed by atoms with van der Waals surface area (Å²) in [5, 5.41) is 2.81. The highest BCUT2D eigenvalue weighted by Gasteiger charge is 2.29. The third-order valence-corrected chi connectivity index (χ3v) is 6.89. The van der Waals surface area contributed by atoms with Gasteiger partial charge in [-0.3, -0.25) is 9.52 Å². The molecule has 0 bridgehead atoms. The van der Waals surface area contributed by atoms with Crippen LogP contribution < -0.4 is 10.0 Å². The Kier molecular flexibility index (Phi) is 5.30. The number of amides is 1. The molecule has 1 aliphatic rings. The van der Waals surface area contributed by atoms with Gasteiger partial charge in [-0.2, -0.15) is 0 Å². The van der Waals surface area contributed by atoms with Crippen LogP contribution in [-0.4, -0.2) is 19.3 Å². The number of sulfonamides is 1. The van der Waals surface area contributed by atoms with Crippen molar-refractivity contribution in [3.05, 3.63) is 83.0 Å². The molecule has 0 spiro atoms. The molecule has 33 heavy (non-hydrogen) atoms. The van der Waals surface area contributed by atoms with Crippen molar-refractivity contribution in [2.45, 2.75) is 23.7 Å². The molecule has 1 amide bonds. The monoisotopic (exact) mass is 485 g/mol. The number of nitrogens with zero attached hydrogens (tertiary/aromatic N) is 1. The van der Waals surface area contributed by atoms with Crippen LogP contribution in [0.1, 0.15) is 35.0 Å². The first kappa shape index (κ1) is 21.4. The third kappa shape index (κ3) is 4.55. The molecule has 0 radical (unpaired) electrons. The molecule has 1 aromatic heterocycles. The largest absolute Gasteiger partial charge is 0.440 e. The molecule has 0 unspecified atom stereocenters. The average molecular weight is 486 g/mol. The van der Waals surface area contributed by atoms with E-state index in [1.54, 1.807) is 18.2 Å². The molecule has 1 saturated carbocycles. The van der Waals surface area contributed by atoms with Gasteiger partial charge >= 0.3 is 0 Å². The fraction of sp³-hybridized carbons (Fsp3) is 0.130. The Bertz CT molecular complexity index is 1480. The van der Waals surface area contributed by atoms with E-state index in [4.69, 9.17) is 16.0 Å². The van der Waals surface area contributed by atoms with E-state index in [1.165, 1.54) is 30.3 Å². The molecular weight excluding hydrogens is 469 g/mol. The number of carbonyl (C=O) groups excluding carboxylic acids is 1. The number of anilines is 2. The van der Waals surface area contributed by atoms with Gasteiger partial charge in [-0.05, 0) is 73.5 Å². The minimum atomic E-state index is -4.03. The van der Waals surface area contributed by atoms with Gasteiger partial charge in [0.05, 0.1) is 15.5 Å². The first-order valence-electron chi connectivity index (χ1n) is 10.1.